The summed E-state index contributed by atoms with van der Waals surface area (Å²) >= 11 is 3.11. The maximum absolute atomic E-state index is 13.3. The number of nitrogens with one attached hydrogen (secondary N) is 1. The fourth-order valence-corrected chi connectivity index (χ4v) is 6.77. The number of rotatable bonds is 8. The van der Waals surface area contributed by atoms with Crippen LogP contribution in [0.3, 0.4) is 0 Å². The van der Waals surface area contributed by atoms with Gasteiger partial charge in [-0.1, -0.05) is 31.9 Å². The number of nitrogens with zero attached hydrogens (tertiary/aromatic N) is 2. The van der Waals surface area contributed by atoms with E-state index in [0.717, 1.165) is 61.2 Å². The summed E-state index contributed by atoms with van der Waals surface area (Å²) in [5.74, 6) is 0.570. The molecule has 2 aromatic carbocycles. The molecule has 9 heteroatoms. The summed E-state index contributed by atoms with van der Waals surface area (Å²) in [6.45, 7) is 3.84. The minimum Gasteiger partial charge on any atom is -0.494 e. The summed E-state index contributed by atoms with van der Waals surface area (Å²) in [5.41, 5.74) is 3.57. The van der Waals surface area contributed by atoms with Crippen LogP contribution in [0.5, 0.6) is 5.75 Å². The van der Waals surface area contributed by atoms with Crippen molar-refractivity contribution in [1.82, 2.24) is 9.88 Å². The highest BCUT2D eigenvalue weighted by molar-refractivity contribution is 7.23. The second-order valence-corrected chi connectivity index (χ2v) is 11.0. The summed E-state index contributed by atoms with van der Waals surface area (Å²) in [6.07, 6.45) is 3.63. The molecule has 192 valence electrons. The molecule has 0 atom stereocenters. The van der Waals surface area contributed by atoms with Gasteiger partial charge in [0, 0.05) is 22.5 Å². The average molecular weight is 536 g/mol. The fraction of sp³-hybridized carbons (Fsp3) is 0.321. The van der Waals surface area contributed by atoms with Crippen LogP contribution in [0.2, 0.25) is 0 Å². The van der Waals surface area contributed by atoms with Gasteiger partial charge >= 0.3 is 6.09 Å². The molecule has 0 aliphatic carbocycles. The van der Waals surface area contributed by atoms with Crippen molar-refractivity contribution in [2.75, 3.05) is 25.6 Å². The van der Waals surface area contributed by atoms with E-state index in [0.29, 0.717) is 31.7 Å². The van der Waals surface area contributed by atoms with Crippen LogP contribution in [0.4, 0.5) is 9.80 Å². The van der Waals surface area contributed by atoms with E-state index >= 15 is 0 Å². The molecule has 0 saturated heterocycles. The standard InChI is InChI=1S/C28H29N3O4S2/c1-3-4-7-16-35-19-12-10-18(11-13-19)25(32)30-27-24(26-29-21-8-5-6-9-22(21)36-26)20-14-15-31(28(33)34-2)17-23(20)37-27/h5-6,8-13H,3-4,7,14-17H2,1-2H3,(H,30,32). The molecule has 0 fully saturated rings. The maximum Gasteiger partial charge on any atom is 0.409 e. The predicted molar refractivity (Wildman–Crippen MR) is 149 cm³/mol. The van der Waals surface area contributed by atoms with Crippen molar-refractivity contribution in [3.63, 3.8) is 0 Å². The molecule has 0 bridgehead atoms. The van der Waals surface area contributed by atoms with Crippen molar-refractivity contribution in [3.8, 4) is 16.3 Å². The fourth-order valence-electron chi connectivity index (χ4n) is 4.40. The molecule has 2 amide bonds. The van der Waals surface area contributed by atoms with Crippen LogP contribution in [0, 0.1) is 0 Å². The number of benzene rings is 2. The maximum atomic E-state index is 13.3. The molecule has 4 aromatic rings. The number of amides is 2. The second kappa shape index (κ2) is 11.3. The lowest BCUT2D eigenvalue weighted by atomic mass is 10.0. The minimum atomic E-state index is -0.344. The first kappa shape index (κ1) is 25.2. The molecule has 7 nitrogen and oxygen atoms in total. The van der Waals surface area contributed by atoms with Gasteiger partial charge in [-0.15, -0.1) is 22.7 Å². The minimum absolute atomic E-state index is 0.191. The topological polar surface area (TPSA) is 80.8 Å². The van der Waals surface area contributed by atoms with Gasteiger partial charge in [0.2, 0.25) is 0 Å². The van der Waals surface area contributed by atoms with Crippen LogP contribution in [-0.4, -0.2) is 42.1 Å². The highest BCUT2D eigenvalue weighted by atomic mass is 32.1. The number of aromatic nitrogens is 1. The molecule has 0 spiro atoms. The molecule has 1 N–H and O–H groups in total. The lowest BCUT2D eigenvalue weighted by Gasteiger charge is -2.25. The molecular weight excluding hydrogens is 506 g/mol. The number of para-hydroxylation sites is 1. The Morgan fingerprint density at radius 1 is 1.08 bits per heavy atom. The van der Waals surface area contributed by atoms with E-state index in [2.05, 4.69) is 18.3 Å². The number of methoxy groups -OCH3 is 1. The van der Waals surface area contributed by atoms with Gasteiger partial charge in [0.1, 0.15) is 15.8 Å². The van der Waals surface area contributed by atoms with Crippen molar-refractivity contribution in [2.24, 2.45) is 0 Å². The van der Waals surface area contributed by atoms with Crippen molar-refractivity contribution in [2.45, 2.75) is 39.2 Å². The number of hydrogen-bond acceptors (Lipinski definition) is 7. The van der Waals surface area contributed by atoms with Gasteiger partial charge in [-0.25, -0.2) is 9.78 Å². The van der Waals surface area contributed by atoms with Crippen molar-refractivity contribution >= 4 is 49.9 Å². The number of anilines is 1. The number of carbonyl (C=O) groups excluding carboxylic acids is 2. The number of thiophene rings is 1. The van der Waals surface area contributed by atoms with Crippen LogP contribution in [0.25, 0.3) is 20.8 Å². The van der Waals surface area contributed by atoms with Gasteiger partial charge in [0.25, 0.3) is 5.91 Å². The molecule has 37 heavy (non-hydrogen) atoms. The first-order chi connectivity index (χ1) is 18.1. The highest BCUT2D eigenvalue weighted by Gasteiger charge is 2.30. The first-order valence-electron chi connectivity index (χ1n) is 12.4. The Hall–Kier alpha value is -3.43. The van der Waals surface area contributed by atoms with Gasteiger partial charge in [-0.2, -0.15) is 0 Å². The summed E-state index contributed by atoms with van der Waals surface area (Å²) in [4.78, 5) is 33.0. The van der Waals surface area contributed by atoms with Gasteiger partial charge in [-0.3, -0.25) is 4.79 Å². The summed E-state index contributed by atoms with van der Waals surface area (Å²) in [6, 6.07) is 15.3. The summed E-state index contributed by atoms with van der Waals surface area (Å²) in [7, 11) is 1.39. The number of carbonyl (C=O) groups is 2. The zero-order valence-electron chi connectivity index (χ0n) is 20.9. The molecule has 1 aliphatic rings. The van der Waals surface area contributed by atoms with Crippen molar-refractivity contribution in [3.05, 3.63) is 64.5 Å². The van der Waals surface area contributed by atoms with Crippen LogP contribution < -0.4 is 10.1 Å². The average Bonchev–Trinajstić information content (AvgIpc) is 3.51. The summed E-state index contributed by atoms with van der Waals surface area (Å²) in [5, 5.41) is 4.76. The number of unbranched alkanes of at least 4 members (excludes halogenated alkanes) is 2. The van der Waals surface area contributed by atoms with Gasteiger partial charge in [0.15, 0.2) is 0 Å². The largest absolute Gasteiger partial charge is 0.494 e. The normalized spacial score (nSPS) is 12.9. The Labute approximate surface area is 224 Å². The number of thiazole rings is 1. The zero-order chi connectivity index (χ0) is 25.8. The lowest BCUT2D eigenvalue weighted by Crippen LogP contribution is -2.35. The highest BCUT2D eigenvalue weighted by Crippen LogP contribution is 2.45. The van der Waals surface area contributed by atoms with E-state index in [1.54, 1.807) is 28.4 Å². The van der Waals surface area contributed by atoms with E-state index in [1.807, 2.05) is 30.3 Å². The third kappa shape index (κ3) is 5.47. The van der Waals surface area contributed by atoms with E-state index in [4.69, 9.17) is 14.5 Å². The number of fused-ring (bicyclic) bond motifs is 2. The third-order valence-electron chi connectivity index (χ3n) is 6.36. The van der Waals surface area contributed by atoms with Crippen molar-refractivity contribution in [1.29, 1.82) is 0 Å². The zero-order valence-corrected chi connectivity index (χ0v) is 22.5. The third-order valence-corrected chi connectivity index (χ3v) is 8.54. The quantitative estimate of drug-likeness (QED) is 0.246. The predicted octanol–water partition coefficient (Wildman–Crippen LogP) is 6.97. The molecular formula is C28H29N3O4S2. The molecule has 0 unspecified atom stereocenters. The SMILES string of the molecule is CCCCCOc1ccc(C(=O)Nc2sc3c(c2-c2nc4ccccc4s2)CCN(C(=O)OC)C3)cc1. The molecule has 2 aromatic heterocycles. The Kier molecular flexibility index (Phi) is 7.71. The second-order valence-electron chi connectivity index (χ2n) is 8.87. The van der Waals surface area contributed by atoms with Crippen LogP contribution in [0.1, 0.15) is 47.0 Å². The molecule has 0 saturated carbocycles. The Balaban J connectivity index is 1.42. The Bertz CT molecular complexity index is 1380. The number of hydrogen-bond donors (Lipinski definition) is 1. The van der Waals surface area contributed by atoms with Crippen LogP contribution in [-0.2, 0) is 17.7 Å². The van der Waals surface area contributed by atoms with E-state index in [1.165, 1.54) is 18.4 Å². The van der Waals surface area contributed by atoms with E-state index in [-0.39, 0.29) is 12.0 Å². The van der Waals surface area contributed by atoms with E-state index in [9.17, 15) is 9.59 Å². The van der Waals surface area contributed by atoms with Crippen LogP contribution >= 0.6 is 22.7 Å². The smallest absolute Gasteiger partial charge is 0.409 e. The van der Waals surface area contributed by atoms with Gasteiger partial charge < -0.3 is 19.7 Å². The van der Waals surface area contributed by atoms with Gasteiger partial charge in [0.05, 0.1) is 30.5 Å². The van der Waals surface area contributed by atoms with Gasteiger partial charge in [-0.05, 0) is 54.8 Å². The Morgan fingerprint density at radius 2 is 1.89 bits per heavy atom. The van der Waals surface area contributed by atoms with Crippen molar-refractivity contribution < 1.29 is 19.1 Å². The van der Waals surface area contributed by atoms with E-state index < -0.39 is 0 Å². The number of ether oxygens (including phenoxy) is 2. The lowest BCUT2D eigenvalue weighted by molar-refractivity contribution is 0.102. The molecule has 0 radical (unpaired) electrons. The Morgan fingerprint density at radius 3 is 2.65 bits per heavy atom. The molecule has 5 rings (SSSR count). The molecule has 1 aliphatic heterocycles. The molecule has 3 heterocycles. The summed E-state index contributed by atoms with van der Waals surface area (Å²) < 4.78 is 11.8. The first-order valence-corrected chi connectivity index (χ1v) is 14.1. The van der Waals surface area contributed by atoms with Crippen LogP contribution in [0.15, 0.2) is 48.5 Å². The monoisotopic (exact) mass is 535 g/mol.